The lowest BCUT2D eigenvalue weighted by molar-refractivity contribution is -0.120. The van der Waals surface area contributed by atoms with Crippen LogP contribution < -0.4 is 10.6 Å². The first kappa shape index (κ1) is 15.8. The molecule has 1 aromatic heterocycles. The predicted molar refractivity (Wildman–Crippen MR) is 79.0 cm³/mol. The van der Waals surface area contributed by atoms with Crippen LogP contribution in [0, 0.1) is 5.92 Å². The van der Waals surface area contributed by atoms with E-state index in [4.69, 9.17) is 4.74 Å². The number of carbonyl (C=O) groups excluding carboxylic acids is 1. The van der Waals surface area contributed by atoms with Crippen LogP contribution in [0.5, 0.6) is 0 Å². The maximum atomic E-state index is 12.3. The summed E-state index contributed by atoms with van der Waals surface area (Å²) in [7, 11) is 0. The van der Waals surface area contributed by atoms with Crippen LogP contribution in [0.25, 0.3) is 0 Å². The van der Waals surface area contributed by atoms with Gasteiger partial charge in [0.1, 0.15) is 0 Å². The monoisotopic (exact) mass is 293 g/mol. The van der Waals surface area contributed by atoms with Crippen molar-refractivity contribution in [2.75, 3.05) is 25.1 Å². The minimum atomic E-state index is -0.218. The van der Waals surface area contributed by atoms with Crippen molar-refractivity contribution >= 4 is 11.9 Å². The Morgan fingerprint density at radius 2 is 1.95 bits per heavy atom. The first-order valence-corrected chi connectivity index (χ1v) is 7.54. The smallest absolute Gasteiger partial charge is 0.249 e. The quantitative estimate of drug-likeness (QED) is 0.796. The Labute approximate surface area is 124 Å². The molecule has 0 aliphatic carbocycles. The van der Waals surface area contributed by atoms with Crippen LogP contribution in [0.4, 0.5) is 5.95 Å². The lowest BCUT2D eigenvalue weighted by atomic mass is 10.0. The molecule has 2 heterocycles. The molecule has 0 radical (unpaired) electrons. The highest BCUT2D eigenvalue weighted by atomic mass is 16.5. The number of nitrogens with one attached hydrogen (secondary N) is 2. The van der Waals surface area contributed by atoms with Gasteiger partial charge in [0.25, 0.3) is 0 Å². The topological polar surface area (TPSA) is 89.0 Å². The summed E-state index contributed by atoms with van der Waals surface area (Å²) < 4.78 is 5.38. The van der Waals surface area contributed by atoms with Crippen molar-refractivity contribution in [3.63, 3.8) is 0 Å². The number of aryl methyl sites for hydroxylation is 2. The van der Waals surface area contributed by atoms with Gasteiger partial charge >= 0.3 is 0 Å². The van der Waals surface area contributed by atoms with Crippen LogP contribution in [0.1, 0.15) is 32.2 Å². The molecule has 0 aromatic carbocycles. The van der Waals surface area contributed by atoms with E-state index >= 15 is 0 Å². The number of carbonyl (C=O) groups is 1. The molecular weight excluding hydrogens is 270 g/mol. The Hall–Kier alpha value is -1.60. The van der Waals surface area contributed by atoms with Crippen molar-refractivity contribution < 1.29 is 9.53 Å². The van der Waals surface area contributed by atoms with Gasteiger partial charge in [0.2, 0.25) is 11.9 Å². The van der Waals surface area contributed by atoms with Gasteiger partial charge in [-0.25, -0.2) is 4.98 Å². The SMILES string of the molecule is CCNC1COCC1C(=O)Nc1nnc(CC)c(CC)n1. The Morgan fingerprint density at radius 3 is 2.62 bits per heavy atom. The van der Waals surface area contributed by atoms with Crippen molar-refractivity contribution in [2.24, 2.45) is 5.92 Å². The van der Waals surface area contributed by atoms with E-state index in [-0.39, 0.29) is 23.8 Å². The van der Waals surface area contributed by atoms with Gasteiger partial charge in [0.15, 0.2) is 0 Å². The second-order valence-corrected chi connectivity index (χ2v) is 5.03. The molecule has 1 aliphatic rings. The standard InChI is InChI=1S/C14H23N5O2/c1-4-10-11(5-2)18-19-14(16-10)17-13(20)9-7-21-8-12(9)15-6-3/h9,12,15H,4-8H2,1-3H3,(H,16,17,19,20). The summed E-state index contributed by atoms with van der Waals surface area (Å²) in [5.74, 6) is -0.0628. The number of hydrogen-bond donors (Lipinski definition) is 2. The van der Waals surface area contributed by atoms with Crippen molar-refractivity contribution in [2.45, 2.75) is 39.7 Å². The van der Waals surface area contributed by atoms with Gasteiger partial charge in [-0.15, -0.1) is 10.2 Å². The summed E-state index contributed by atoms with van der Waals surface area (Å²) in [5, 5.41) is 14.1. The zero-order valence-corrected chi connectivity index (χ0v) is 12.8. The summed E-state index contributed by atoms with van der Waals surface area (Å²) in [6, 6.07) is 0.0449. The lowest BCUT2D eigenvalue weighted by Gasteiger charge is -2.17. The van der Waals surface area contributed by atoms with Gasteiger partial charge in [-0.2, -0.15) is 0 Å². The highest BCUT2D eigenvalue weighted by Crippen LogP contribution is 2.16. The third kappa shape index (κ3) is 3.74. The third-order valence-electron chi connectivity index (χ3n) is 3.63. The minimum absolute atomic E-state index is 0.0449. The Kier molecular flexibility index (Phi) is 5.58. The number of rotatable bonds is 6. The maximum Gasteiger partial charge on any atom is 0.249 e. The van der Waals surface area contributed by atoms with E-state index in [9.17, 15) is 4.79 Å². The fraction of sp³-hybridized carbons (Fsp3) is 0.714. The van der Waals surface area contributed by atoms with Crippen LogP contribution in [0.3, 0.4) is 0 Å². The summed E-state index contributed by atoms with van der Waals surface area (Å²) in [6.07, 6.45) is 1.56. The van der Waals surface area contributed by atoms with Crippen LogP contribution in [-0.4, -0.2) is 46.9 Å². The molecule has 1 saturated heterocycles. The van der Waals surface area contributed by atoms with Crippen molar-refractivity contribution in [1.82, 2.24) is 20.5 Å². The average molecular weight is 293 g/mol. The Morgan fingerprint density at radius 1 is 1.19 bits per heavy atom. The molecule has 116 valence electrons. The van der Waals surface area contributed by atoms with Crippen LogP contribution in [-0.2, 0) is 22.4 Å². The van der Waals surface area contributed by atoms with Crippen LogP contribution in [0.15, 0.2) is 0 Å². The normalized spacial score (nSPS) is 21.5. The number of amides is 1. The Balaban J connectivity index is 2.05. The van der Waals surface area contributed by atoms with Crippen LogP contribution in [0.2, 0.25) is 0 Å². The molecule has 0 spiro atoms. The summed E-state index contributed by atoms with van der Waals surface area (Å²) in [5.41, 5.74) is 1.76. The van der Waals surface area contributed by atoms with E-state index in [1.165, 1.54) is 0 Å². The highest BCUT2D eigenvalue weighted by molar-refractivity contribution is 5.91. The molecule has 21 heavy (non-hydrogen) atoms. The number of anilines is 1. The summed E-state index contributed by atoms with van der Waals surface area (Å²) in [4.78, 5) is 16.7. The fourth-order valence-corrected chi connectivity index (χ4v) is 2.47. The molecule has 7 nitrogen and oxygen atoms in total. The van der Waals surface area contributed by atoms with Gasteiger partial charge in [-0.1, -0.05) is 20.8 Å². The van der Waals surface area contributed by atoms with Crippen molar-refractivity contribution in [3.8, 4) is 0 Å². The van der Waals surface area contributed by atoms with E-state index in [2.05, 4.69) is 25.8 Å². The molecule has 1 fully saturated rings. The second kappa shape index (κ2) is 7.42. The van der Waals surface area contributed by atoms with Crippen LogP contribution >= 0.6 is 0 Å². The average Bonchev–Trinajstić information content (AvgIpc) is 2.96. The van der Waals surface area contributed by atoms with E-state index < -0.39 is 0 Å². The summed E-state index contributed by atoms with van der Waals surface area (Å²) in [6.45, 7) is 7.82. The molecule has 1 aliphatic heterocycles. The second-order valence-electron chi connectivity index (χ2n) is 5.03. The van der Waals surface area contributed by atoms with E-state index in [1.54, 1.807) is 0 Å². The van der Waals surface area contributed by atoms with Gasteiger partial charge in [0, 0.05) is 6.04 Å². The zero-order chi connectivity index (χ0) is 15.2. The minimum Gasteiger partial charge on any atom is -0.379 e. The van der Waals surface area contributed by atoms with E-state index in [0.29, 0.717) is 13.2 Å². The van der Waals surface area contributed by atoms with E-state index in [0.717, 1.165) is 30.8 Å². The number of nitrogens with zero attached hydrogens (tertiary/aromatic N) is 3. The van der Waals surface area contributed by atoms with Gasteiger partial charge in [-0.05, 0) is 19.4 Å². The fourth-order valence-electron chi connectivity index (χ4n) is 2.47. The van der Waals surface area contributed by atoms with E-state index in [1.807, 2.05) is 20.8 Å². The third-order valence-corrected chi connectivity index (χ3v) is 3.63. The lowest BCUT2D eigenvalue weighted by Crippen LogP contribution is -2.41. The summed E-state index contributed by atoms with van der Waals surface area (Å²) >= 11 is 0. The molecule has 0 saturated carbocycles. The Bertz CT molecular complexity index is 494. The molecule has 2 atom stereocenters. The first-order chi connectivity index (χ1) is 10.2. The molecular formula is C14H23N5O2. The first-order valence-electron chi connectivity index (χ1n) is 7.54. The molecule has 1 amide bonds. The number of aromatic nitrogens is 3. The number of likely N-dealkylation sites (N-methyl/N-ethyl adjacent to an activating group) is 1. The molecule has 2 rings (SSSR count). The maximum absolute atomic E-state index is 12.3. The molecule has 1 aromatic rings. The molecule has 2 N–H and O–H groups in total. The molecule has 2 unspecified atom stereocenters. The van der Waals surface area contributed by atoms with Gasteiger partial charge < -0.3 is 10.1 Å². The van der Waals surface area contributed by atoms with Gasteiger partial charge in [-0.3, -0.25) is 10.1 Å². The predicted octanol–water partition coefficient (Wildman–Crippen LogP) is 0.559. The highest BCUT2D eigenvalue weighted by Gasteiger charge is 2.33. The van der Waals surface area contributed by atoms with Gasteiger partial charge in [0.05, 0.1) is 30.5 Å². The number of hydrogen-bond acceptors (Lipinski definition) is 6. The number of ether oxygens (including phenoxy) is 1. The molecule has 7 heteroatoms. The largest absolute Gasteiger partial charge is 0.379 e. The zero-order valence-electron chi connectivity index (χ0n) is 12.8. The van der Waals surface area contributed by atoms with Crippen molar-refractivity contribution in [1.29, 1.82) is 0 Å². The van der Waals surface area contributed by atoms with Crippen molar-refractivity contribution in [3.05, 3.63) is 11.4 Å². The molecule has 0 bridgehead atoms.